The molecule has 0 saturated carbocycles. The summed E-state index contributed by atoms with van der Waals surface area (Å²) >= 11 is 0. The van der Waals surface area contributed by atoms with Crippen LogP contribution in [0.4, 0.5) is 0 Å². The van der Waals surface area contributed by atoms with Gasteiger partial charge in [0.25, 0.3) is 5.91 Å². The quantitative estimate of drug-likeness (QED) is 0.927. The van der Waals surface area contributed by atoms with Gasteiger partial charge in [-0.1, -0.05) is 12.1 Å². The van der Waals surface area contributed by atoms with Crippen molar-refractivity contribution in [2.24, 2.45) is 0 Å². The van der Waals surface area contributed by atoms with Crippen molar-refractivity contribution in [3.8, 4) is 11.3 Å². The van der Waals surface area contributed by atoms with Gasteiger partial charge in [-0.3, -0.25) is 9.78 Å². The monoisotopic (exact) mass is 270 g/mol. The fourth-order valence-corrected chi connectivity index (χ4v) is 1.73. The van der Waals surface area contributed by atoms with Gasteiger partial charge in [-0.15, -0.1) is 0 Å². The summed E-state index contributed by atoms with van der Waals surface area (Å²) in [6.07, 6.45) is 1.32. The van der Waals surface area contributed by atoms with Gasteiger partial charge in [-0.25, -0.2) is 4.79 Å². The Kier molecular flexibility index (Phi) is 3.79. The molecule has 1 heterocycles. The summed E-state index contributed by atoms with van der Waals surface area (Å²) in [5.74, 6) is -1.07. The van der Waals surface area contributed by atoms with Gasteiger partial charge in [0, 0.05) is 31.4 Å². The highest BCUT2D eigenvalue weighted by Crippen LogP contribution is 2.18. The van der Waals surface area contributed by atoms with E-state index in [9.17, 15) is 9.59 Å². The molecule has 0 aliphatic carbocycles. The summed E-state index contributed by atoms with van der Waals surface area (Å²) in [7, 11) is 3.39. The molecule has 2 rings (SSSR count). The lowest BCUT2D eigenvalue weighted by atomic mass is 10.1. The molecule has 0 radical (unpaired) electrons. The summed E-state index contributed by atoms with van der Waals surface area (Å²) in [5, 5.41) is 8.81. The van der Waals surface area contributed by atoms with E-state index in [-0.39, 0.29) is 11.5 Å². The van der Waals surface area contributed by atoms with Crippen LogP contribution in [0.5, 0.6) is 0 Å². The van der Waals surface area contributed by atoms with E-state index in [1.807, 2.05) is 0 Å². The minimum absolute atomic E-state index is 0.0641. The number of nitrogens with zero attached hydrogens (tertiary/aromatic N) is 2. The predicted octanol–water partition coefficient (Wildman–Crippen LogP) is 2.15. The van der Waals surface area contributed by atoms with Crippen molar-refractivity contribution in [2.75, 3.05) is 14.1 Å². The third kappa shape index (κ3) is 2.83. The Hall–Kier alpha value is -2.69. The average molecular weight is 270 g/mol. The average Bonchev–Trinajstić information content (AvgIpc) is 2.46. The molecule has 5 nitrogen and oxygen atoms in total. The zero-order valence-electron chi connectivity index (χ0n) is 11.2. The van der Waals surface area contributed by atoms with Crippen LogP contribution in [0.2, 0.25) is 0 Å². The number of rotatable bonds is 3. The van der Waals surface area contributed by atoms with Crippen molar-refractivity contribution in [3.63, 3.8) is 0 Å². The normalized spacial score (nSPS) is 10.1. The molecule has 5 heteroatoms. The Bertz CT molecular complexity index is 631. The van der Waals surface area contributed by atoms with Gasteiger partial charge in [0.15, 0.2) is 0 Å². The van der Waals surface area contributed by atoms with Crippen LogP contribution < -0.4 is 0 Å². The van der Waals surface area contributed by atoms with E-state index in [0.29, 0.717) is 11.3 Å². The topological polar surface area (TPSA) is 70.5 Å². The summed E-state index contributed by atoms with van der Waals surface area (Å²) in [6, 6.07) is 10.2. The number of carboxylic acids is 1. The minimum Gasteiger partial charge on any atom is -0.478 e. The number of carbonyl (C=O) groups excluding carboxylic acids is 1. The molecule has 0 unspecified atom stereocenters. The van der Waals surface area contributed by atoms with Gasteiger partial charge in [0.2, 0.25) is 0 Å². The number of aromatic carboxylic acids is 1. The predicted molar refractivity (Wildman–Crippen MR) is 74.6 cm³/mol. The van der Waals surface area contributed by atoms with E-state index < -0.39 is 5.97 Å². The third-order valence-electron chi connectivity index (χ3n) is 2.84. The molecule has 1 amide bonds. The van der Waals surface area contributed by atoms with Gasteiger partial charge in [0.05, 0.1) is 11.3 Å². The van der Waals surface area contributed by atoms with Gasteiger partial charge in [-0.2, -0.15) is 0 Å². The standard InChI is InChI=1S/C15H14N2O3/c1-17(2)14(18)11-5-3-10(4-6-11)13-8-7-12(9-16-13)15(19)20/h3-9H,1-2H3,(H,19,20). The molecule has 0 aliphatic heterocycles. The molecule has 1 aromatic carbocycles. The Labute approximate surface area is 116 Å². The van der Waals surface area contributed by atoms with Crippen molar-refractivity contribution in [1.82, 2.24) is 9.88 Å². The number of pyridine rings is 1. The molecule has 1 N–H and O–H groups in total. The van der Waals surface area contributed by atoms with Crippen molar-refractivity contribution < 1.29 is 14.7 Å². The molecule has 20 heavy (non-hydrogen) atoms. The van der Waals surface area contributed by atoms with Crippen LogP contribution in [0.15, 0.2) is 42.6 Å². The molecule has 0 bridgehead atoms. The second-order valence-electron chi connectivity index (χ2n) is 4.51. The van der Waals surface area contributed by atoms with Crippen molar-refractivity contribution in [2.45, 2.75) is 0 Å². The molecule has 0 aliphatic rings. The van der Waals surface area contributed by atoms with Gasteiger partial charge in [-0.05, 0) is 24.3 Å². The number of benzene rings is 1. The zero-order valence-corrected chi connectivity index (χ0v) is 11.2. The molecule has 0 atom stereocenters. The summed E-state index contributed by atoms with van der Waals surface area (Å²) in [5.41, 5.74) is 2.24. The summed E-state index contributed by atoms with van der Waals surface area (Å²) in [6.45, 7) is 0. The highest BCUT2D eigenvalue weighted by atomic mass is 16.4. The molecule has 0 spiro atoms. The second kappa shape index (κ2) is 5.52. The lowest BCUT2D eigenvalue weighted by Crippen LogP contribution is -2.21. The molecular formula is C15H14N2O3. The SMILES string of the molecule is CN(C)C(=O)c1ccc(-c2ccc(C(=O)O)cn2)cc1. The number of hydrogen-bond acceptors (Lipinski definition) is 3. The Balaban J connectivity index is 2.26. The molecule has 102 valence electrons. The number of aromatic nitrogens is 1. The molecule has 0 saturated heterocycles. The number of carboxylic acid groups (broad SMARTS) is 1. The van der Waals surface area contributed by atoms with Gasteiger partial charge >= 0.3 is 5.97 Å². The van der Waals surface area contributed by atoms with Crippen LogP contribution in [-0.2, 0) is 0 Å². The van der Waals surface area contributed by atoms with E-state index in [1.54, 1.807) is 44.4 Å². The first-order valence-electron chi connectivity index (χ1n) is 6.00. The minimum atomic E-state index is -1.00. The Morgan fingerprint density at radius 2 is 1.60 bits per heavy atom. The van der Waals surface area contributed by atoms with Crippen LogP contribution in [0.1, 0.15) is 20.7 Å². The second-order valence-corrected chi connectivity index (χ2v) is 4.51. The molecule has 2 aromatic rings. The smallest absolute Gasteiger partial charge is 0.337 e. The van der Waals surface area contributed by atoms with Crippen LogP contribution in [0.25, 0.3) is 11.3 Å². The van der Waals surface area contributed by atoms with E-state index in [2.05, 4.69) is 4.98 Å². The van der Waals surface area contributed by atoms with E-state index >= 15 is 0 Å². The van der Waals surface area contributed by atoms with Crippen molar-refractivity contribution >= 4 is 11.9 Å². The maximum Gasteiger partial charge on any atom is 0.337 e. The van der Waals surface area contributed by atoms with E-state index in [4.69, 9.17) is 5.11 Å². The Morgan fingerprint density at radius 1 is 1.00 bits per heavy atom. The van der Waals surface area contributed by atoms with Crippen LogP contribution in [0, 0.1) is 0 Å². The maximum absolute atomic E-state index is 11.8. The largest absolute Gasteiger partial charge is 0.478 e. The van der Waals surface area contributed by atoms with Crippen LogP contribution in [-0.4, -0.2) is 41.0 Å². The first kappa shape index (κ1) is 13.7. The molecular weight excluding hydrogens is 256 g/mol. The first-order valence-corrected chi connectivity index (χ1v) is 6.00. The number of amides is 1. The highest BCUT2D eigenvalue weighted by Gasteiger charge is 2.08. The van der Waals surface area contributed by atoms with E-state index in [1.165, 1.54) is 17.2 Å². The number of carbonyl (C=O) groups is 2. The third-order valence-corrected chi connectivity index (χ3v) is 2.84. The summed E-state index contributed by atoms with van der Waals surface area (Å²) < 4.78 is 0. The summed E-state index contributed by atoms with van der Waals surface area (Å²) in [4.78, 5) is 28.1. The zero-order chi connectivity index (χ0) is 14.7. The molecule has 0 fully saturated rings. The van der Waals surface area contributed by atoms with Gasteiger partial charge < -0.3 is 10.0 Å². The van der Waals surface area contributed by atoms with E-state index in [0.717, 1.165) is 5.56 Å². The fourth-order valence-electron chi connectivity index (χ4n) is 1.73. The lowest BCUT2D eigenvalue weighted by molar-refractivity contribution is 0.0696. The van der Waals surface area contributed by atoms with Crippen molar-refractivity contribution in [1.29, 1.82) is 0 Å². The van der Waals surface area contributed by atoms with Crippen LogP contribution in [0.3, 0.4) is 0 Å². The first-order chi connectivity index (χ1) is 9.49. The lowest BCUT2D eigenvalue weighted by Gasteiger charge is -2.10. The molecule has 1 aromatic heterocycles. The Morgan fingerprint density at radius 3 is 2.05 bits per heavy atom. The van der Waals surface area contributed by atoms with Crippen LogP contribution >= 0.6 is 0 Å². The number of hydrogen-bond donors (Lipinski definition) is 1. The highest BCUT2D eigenvalue weighted by molar-refractivity contribution is 5.94. The fraction of sp³-hybridized carbons (Fsp3) is 0.133. The van der Waals surface area contributed by atoms with Gasteiger partial charge in [0.1, 0.15) is 0 Å². The van der Waals surface area contributed by atoms with Crippen molar-refractivity contribution in [3.05, 3.63) is 53.7 Å². The maximum atomic E-state index is 11.8.